The SMILES string of the molecule is C[C@@H](CC(=O)N1C(=O)OC[C@@H]1c1ccccc1)[C@H](N)C(=O)O. The number of carbonyl (C=O) groups excluding carboxylic acids is 2. The number of carboxylic acids is 1. The van der Waals surface area contributed by atoms with E-state index >= 15 is 0 Å². The minimum absolute atomic E-state index is 0.0912. The van der Waals surface area contributed by atoms with Gasteiger partial charge < -0.3 is 15.6 Å². The highest BCUT2D eigenvalue weighted by atomic mass is 16.6. The van der Waals surface area contributed by atoms with Gasteiger partial charge in [0, 0.05) is 6.42 Å². The fraction of sp³-hybridized carbons (Fsp3) is 0.400. The zero-order chi connectivity index (χ0) is 16.3. The lowest BCUT2D eigenvalue weighted by molar-refractivity contribution is -0.140. The number of amides is 2. The third kappa shape index (κ3) is 3.25. The Balaban J connectivity index is 2.12. The van der Waals surface area contributed by atoms with Gasteiger partial charge in [-0.1, -0.05) is 37.3 Å². The molecule has 22 heavy (non-hydrogen) atoms. The summed E-state index contributed by atoms with van der Waals surface area (Å²) in [4.78, 5) is 36.1. The fourth-order valence-corrected chi connectivity index (χ4v) is 2.36. The molecule has 0 aliphatic carbocycles. The summed E-state index contributed by atoms with van der Waals surface area (Å²) in [5.74, 6) is -2.25. The summed E-state index contributed by atoms with van der Waals surface area (Å²) < 4.78 is 4.96. The smallest absolute Gasteiger partial charge is 0.417 e. The first-order chi connectivity index (χ1) is 10.4. The van der Waals surface area contributed by atoms with Gasteiger partial charge in [-0.3, -0.25) is 9.59 Å². The second kappa shape index (κ2) is 6.57. The van der Waals surface area contributed by atoms with Crippen molar-refractivity contribution in [2.75, 3.05) is 6.61 Å². The summed E-state index contributed by atoms with van der Waals surface area (Å²) in [6, 6.07) is 7.42. The number of hydrogen-bond donors (Lipinski definition) is 2. The topological polar surface area (TPSA) is 110 Å². The van der Waals surface area contributed by atoms with E-state index in [2.05, 4.69) is 0 Å². The predicted molar refractivity (Wildman–Crippen MR) is 76.8 cm³/mol. The van der Waals surface area contributed by atoms with Crippen molar-refractivity contribution in [3.8, 4) is 0 Å². The summed E-state index contributed by atoms with van der Waals surface area (Å²) in [5, 5.41) is 8.87. The Morgan fingerprint density at radius 3 is 2.64 bits per heavy atom. The summed E-state index contributed by atoms with van der Waals surface area (Å²) in [6.07, 6.45) is -0.846. The molecule has 2 amide bonds. The molecule has 1 aromatic carbocycles. The van der Waals surface area contributed by atoms with Crippen LogP contribution in [0.4, 0.5) is 4.79 Å². The van der Waals surface area contributed by atoms with Crippen LogP contribution in [-0.2, 0) is 14.3 Å². The van der Waals surface area contributed by atoms with E-state index in [0.29, 0.717) is 0 Å². The van der Waals surface area contributed by atoms with Gasteiger partial charge in [0.25, 0.3) is 0 Å². The van der Waals surface area contributed by atoms with Crippen LogP contribution in [0.3, 0.4) is 0 Å². The molecule has 7 nitrogen and oxygen atoms in total. The van der Waals surface area contributed by atoms with Gasteiger partial charge in [-0.2, -0.15) is 0 Å². The van der Waals surface area contributed by atoms with Gasteiger partial charge >= 0.3 is 12.1 Å². The van der Waals surface area contributed by atoms with Crippen LogP contribution in [0.25, 0.3) is 0 Å². The number of carbonyl (C=O) groups is 3. The molecule has 3 N–H and O–H groups in total. The lowest BCUT2D eigenvalue weighted by Crippen LogP contribution is -2.41. The minimum atomic E-state index is -1.18. The van der Waals surface area contributed by atoms with Gasteiger partial charge in [0.15, 0.2) is 0 Å². The second-order valence-corrected chi connectivity index (χ2v) is 5.31. The molecule has 1 saturated heterocycles. The van der Waals surface area contributed by atoms with Crippen molar-refractivity contribution in [2.24, 2.45) is 11.7 Å². The third-order valence-electron chi connectivity index (χ3n) is 3.72. The number of benzene rings is 1. The Bertz CT molecular complexity index is 575. The second-order valence-electron chi connectivity index (χ2n) is 5.31. The Hall–Kier alpha value is -2.41. The van der Waals surface area contributed by atoms with Crippen molar-refractivity contribution >= 4 is 18.0 Å². The highest BCUT2D eigenvalue weighted by molar-refractivity contribution is 5.94. The predicted octanol–water partition coefficient (Wildman–Crippen LogP) is 1.14. The third-order valence-corrected chi connectivity index (χ3v) is 3.72. The van der Waals surface area contributed by atoms with Crippen molar-refractivity contribution in [2.45, 2.75) is 25.4 Å². The van der Waals surface area contributed by atoms with Crippen molar-refractivity contribution in [3.63, 3.8) is 0 Å². The first-order valence-electron chi connectivity index (χ1n) is 6.94. The maximum Gasteiger partial charge on any atom is 0.417 e. The zero-order valence-corrected chi connectivity index (χ0v) is 12.1. The standard InChI is InChI=1S/C15H18N2O5/c1-9(13(16)14(19)20)7-12(18)17-11(8-22-15(17)21)10-5-3-2-4-6-10/h2-6,9,11,13H,7-8,16H2,1H3,(H,19,20)/t9-,11+,13-/m0/s1. The number of nitrogens with two attached hydrogens (primary N) is 1. The van der Waals surface area contributed by atoms with Gasteiger partial charge in [-0.05, 0) is 11.5 Å². The van der Waals surface area contributed by atoms with E-state index in [0.717, 1.165) is 10.5 Å². The number of cyclic esters (lactones) is 1. The summed E-state index contributed by atoms with van der Waals surface area (Å²) >= 11 is 0. The molecule has 0 radical (unpaired) electrons. The Morgan fingerprint density at radius 2 is 2.05 bits per heavy atom. The van der Waals surface area contributed by atoms with Crippen LogP contribution in [0.1, 0.15) is 24.9 Å². The normalized spacial score (nSPS) is 20.4. The number of hydrogen-bond acceptors (Lipinski definition) is 5. The van der Waals surface area contributed by atoms with Crippen LogP contribution in [0, 0.1) is 5.92 Å². The Labute approximate surface area is 127 Å². The monoisotopic (exact) mass is 306 g/mol. The molecule has 118 valence electrons. The zero-order valence-electron chi connectivity index (χ0n) is 12.1. The van der Waals surface area contributed by atoms with Crippen LogP contribution in [-0.4, -0.2) is 40.6 Å². The number of nitrogens with zero attached hydrogens (tertiary/aromatic N) is 1. The van der Waals surface area contributed by atoms with Crippen LogP contribution >= 0.6 is 0 Å². The molecule has 0 saturated carbocycles. The average molecular weight is 306 g/mol. The number of aliphatic carboxylic acids is 1. The molecule has 7 heteroatoms. The van der Waals surface area contributed by atoms with Crippen molar-refractivity contribution < 1.29 is 24.2 Å². The van der Waals surface area contributed by atoms with E-state index < -0.39 is 36.0 Å². The average Bonchev–Trinajstić information content (AvgIpc) is 2.88. The Morgan fingerprint density at radius 1 is 1.41 bits per heavy atom. The lowest BCUT2D eigenvalue weighted by Gasteiger charge is -2.22. The molecule has 0 spiro atoms. The molecule has 0 unspecified atom stereocenters. The molecule has 1 aromatic rings. The quantitative estimate of drug-likeness (QED) is 0.844. The number of carboxylic acid groups (broad SMARTS) is 1. The molecule has 1 fully saturated rings. The van der Waals surface area contributed by atoms with Crippen LogP contribution < -0.4 is 5.73 Å². The van der Waals surface area contributed by atoms with E-state index in [1.807, 2.05) is 18.2 Å². The Kier molecular flexibility index (Phi) is 4.77. The maximum atomic E-state index is 12.4. The number of imide groups is 1. The molecule has 1 aliphatic rings. The van der Waals surface area contributed by atoms with E-state index in [1.165, 1.54) is 0 Å². The molecule has 0 bridgehead atoms. The lowest BCUT2D eigenvalue weighted by atomic mass is 9.97. The van der Waals surface area contributed by atoms with Crippen LogP contribution in [0.15, 0.2) is 30.3 Å². The molecule has 0 aromatic heterocycles. The molecule has 3 atom stereocenters. The van der Waals surface area contributed by atoms with Gasteiger partial charge in [0.1, 0.15) is 18.7 Å². The molecular formula is C15H18N2O5. The summed E-state index contributed by atoms with van der Waals surface area (Å²) in [7, 11) is 0. The number of rotatable bonds is 5. The first kappa shape index (κ1) is 16.0. The van der Waals surface area contributed by atoms with Gasteiger partial charge in [0.2, 0.25) is 5.91 Å². The first-order valence-corrected chi connectivity index (χ1v) is 6.94. The fourth-order valence-electron chi connectivity index (χ4n) is 2.36. The van der Waals surface area contributed by atoms with E-state index in [-0.39, 0.29) is 13.0 Å². The molecule has 1 aliphatic heterocycles. The van der Waals surface area contributed by atoms with Crippen molar-refractivity contribution in [3.05, 3.63) is 35.9 Å². The van der Waals surface area contributed by atoms with Gasteiger partial charge in [-0.15, -0.1) is 0 Å². The van der Waals surface area contributed by atoms with Crippen molar-refractivity contribution in [1.29, 1.82) is 0 Å². The number of ether oxygens (including phenoxy) is 1. The molecule has 1 heterocycles. The van der Waals surface area contributed by atoms with Gasteiger partial charge in [-0.25, -0.2) is 9.69 Å². The summed E-state index contributed by atoms with van der Waals surface area (Å²) in [5.41, 5.74) is 6.29. The highest BCUT2D eigenvalue weighted by Crippen LogP contribution is 2.29. The largest absolute Gasteiger partial charge is 0.480 e. The molecule has 2 rings (SSSR count). The van der Waals surface area contributed by atoms with E-state index in [1.54, 1.807) is 19.1 Å². The highest BCUT2D eigenvalue weighted by Gasteiger charge is 2.39. The van der Waals surface area contributed by atoms with Crippen LogP contribution in [0.5, 0.6) is 0 Å². The minimum Gasteiger partial charge on any atom is -0.480 e. The maximum absolute atomic E-state index is 12.4. The van der Waals surface area contributed by atoms with Gasteiger partial charge in [0.05, 0.1) is 0 Å². The summed E-state index contributed by atoms with van der Waals surface area (Å²) in [6.45, 7) is 1.66. The van der Waals surface area contributed by atoms with E-state index in [9.17, 15) is 14.4 Å². The molecular weight excluding hydrogens is 288 g/mol. The van der Waals surface area contributed by atoms with E-state index in [4.69, 9.17) is 15.6 Å². The van der Waals surface area contributed by atoms with Crippen LogP contribution in [0.2, 0.25) is 0 Å². The van der Waals surface area contributed by atoms with Crippen molar-refractivity contribution in [1.82, 2.24) is 4.90 Å².